The van der Waals surface area contributed by atoms with Crippen LogP contribution in [0.4, 0.5) is 15.9 Å². The van der Waals surface area contributed by atoms with Crippen LogP contribution in [0.5, 0.6) is 5.75 Å². The van der Waals surface area contributed by atoms with Crippen molar-refractivity contribution in [3.05, 3.63) is 65.2 Å². The van der Waals surface area contributed by atoms with Crippen LogP contribution in [0.15, 0.2) is 48.8 Å². The summed E-state index contributed by atoms with van der Waals surface area (Å²) in [5, 5.41) is 3.85. The third-order valence-electron chi connectivity index (χ3n) is 4.87. The van der Waals surface area contributed by atoms with Crippen LogP contribution < -0.4 is 10.1 Å². The van der Waals surface area contributed by atoms with Gasteiger partial charge in [-0.3, -0.25) is 4.79 Å². The predicted molar refractivity (Wildman–Crippen MR) is 133 cm³/mol. The molecule has 0 saturated carbocycles. The van der Waals surface area contributed by atoms with Crippen molar-refractivity contribution in [2.75, 3.05) is 39.7 Å². The van der Waals surface area contributed by atoms with Gasteiger partial charge in [-0.2, -0.15) is 0 Å². The summed E-state index contributed by atoms with van der Waals surface area (Å²) in [5.41, 5.74) is 1.90. The van der Waals surface area contributed by atoms with Gasteiger partial charge in [0.1, 0.15) is 29.8 Å². The average Bonchev–Trinajstić information content (AvgIpc) is 2.77. The molecule has 7 nitrogen and oxygen atoms in total. The first kappa shape index (κ1) is 25.6. The molecule has 1 aromatic heterocycles. The number of nitrogens with one attached hydrogen (secondary N) is 1. The number of allylic oxidation sites excluding steroid dienone is 1. The van der Waals surface area contributed by atoms with E-state index in [1.54, 1.807) is 25.3 Å². The van der Waals surface area contributed by atoms with Crippen LogP contribution in [0.3, 0.4) is 0 Å². The molecule has 0 saturated heterocycles. The van der Waals surface area contributed by atoms with Crippen molar-refractivity contribution in [2.24, 2.45) is 0 Å². The maximum absolute atomic E-state index is 13.6. The summed E-state index contributed by atoms with van der Waals surface area (Å²) in [6.07, 6.45) is 4.75. The quantitative estimate of drug-likeness (QED) is 0.390. The van der Waals surface area contributed by atoms with Crippen molar-refractivity contribution in [3.63, 3.8) is 0 Å². The number of carbonyl (C=O) groups is 1. The van der Waals surface area contributed by atoms with Gasteiger partial charge in [0, 0.05) is 42.8 Å². The molecule has 0 aliphatic rings. The summed E-state index contributed by atoms with van der Waals surface area (Å²) < 4.78 is 24.8. The van der Waals surface area contributed by atoms with E-state index in [-0.39, 0.29) is 23.3 Å². The van der Waals surface area contributed by atoms with Gasteiger partial charge < -0.3 is 19.7 Å². The Morgan fingerprint density at radius 1 is 1.26 bits per heavy atom. The highest BCUT2D eigenvalue weighted by molar-refractivity contribution is 6.31. The number of aromatic nitrogens is 2. The van der Waals surface area contributed by atoms with Crippen LogP contribution in [0.2, 0.25) is 5.02 Å². The minimum Gasteiger partial charge on any atom is -0.488 e. The number of nitrogens with zero attached hydrogens (tertiary/aromatic N) is 3. The summed E-state index contributed by atoms with van der Waals surface area (Å²) >= 11 is 5.92. The van der Waals surface area contributed by atoms with Gasteiger partial charge in [0.25, 0.3) is 0 Å². The topological polar surface area (TPSA) is 76.6 Å². The Morgan fingerprint density at radius 2 is 2.06 bits per heavy atom. The normalized spacial score (nSPS) is 12.4. The van der Waals surface area contributed by atoms with Gasteiger partial charge in [-0.05, 0) is 51.4 Å². The molecule has 9 heteroatoms. The second-order valence-electron chi connectivity index (χ2n) is 8.14. The van der Waals surface area contributed by atoms with E-state index in [0.717, 1.165) is 0 Å². The summed E-state index contributed by atoms with van der Waals surface area (Å²) in [6.45, 7) is 2.96. The van der Waals surface area contributed by atoms with Crippen molar-refractivity contribution in [1.29, 1.82) is 0 Å². The standard InChI is InChI=1S/C25H28ClFN4O3/c1-16(14-33-4)34-24-13-23-20(11-17(24)10-19(32)6-5-9-31(2)3)25(29-15-28-23)30-18-7-8-22(27)21(26)12-18/h5-8,11-13,15-16H,9-10,14H2,1-4H3,(H,28,29,30)/b6-5+/t16-/m0/s1. The van der Waals surface area contributed by atoms with Gasteiger partial charge in [-0.25, -0.2) is 14.4 Å². The lowest BCUT2D eigenvalue weighted by Crippen LogP contribution is -2.19. The van der Waals surface area contributed by atoms with Gasteiger partial charge in [-0.1, -0.05) is 17.7 Å². The van der Waals surface area contributed by atoms with Crippen LogP contribution in [-0.2, 0) is 16.0 Å². The minimum atomic E-state index is -0.505. The first-order valence-corrected chi connectivity index (χ1v) is 11.1. The lowest BCUT2D eigenvalue weighted by atomic mass is 10.0. The summed E-state index contributed by atoms with van der Waals surface area (Å²) in [5.74, 6) is 0.499. The van der Waals surface area contributed by atoms with E-state index in [1.807, 2.05) is 38.1 Å². The molecule has 0 aliphatic heterocycles. The van der Waals surface area contributed by atoms with Gasteiger partial charge >= 0.3 is 0 Å². The number of fused-ring (bicyclic) bond motifs is 1. The summed E-state index contributed by atoms with van der Waals surface area (Å²) in [4.78, 5) is 23.3. The van der Waals surface area contributed by atoms with E-state index in [2.05, 4.69) is 15.3 Å². The van der Waals surface area contributed by atoms with Gasteiger partial charge in [0.15, 0.2) is 5.78 Å². The number of ketones is 1. The number of hydrogen-bond acceptors (Lipinski definition) is 7. The van der Waals surface area contributed by atoms with Crippen LogP contribution in [-0.4, -0.2) is 61.1 Å². The number of benzene rings is 2. The highest BCUT2D eigenvalue weighted by Gasteiger charge is 2.16. The molecule has 0 amide bonds. The van der Waals surface area contributed by atoms with Crippen LogP contribution in [0.1, 0.15) is 12.5 Å². The lowest BCUT2D eigenvalue weighted by molar-refractivity contribution is -0.114. The van der Waals surface area contributed by atoms with Crippen molar-refractivity contribution in [2.45, 2.75) is 19.4 Å². The first-order chi connectivity index (χ1) is 16.3. The van der Waals surface area contributed by atoms with E-state index < -0.39 is 5.82 Å². The van der Waals surface area contributed by atoms with E-state index in [0.29, 0.717) is 46.9 Å². The molecule has 1 N–H and O–H groups in total. The molecule has 0 bridgehead atoms. The first-order valence-electron chi connectivity index (χ1n) is 10.8. The molecule has 0 radical (unpaired) electrons. The second-order valence-corrected chi connectivity index (χ2v) is 8.55. The third-order valence-corrected chi connectivity index (χ3v) is 5.16. The monoisotopic (exact) mass is 486 g/mol. The van der Waals surface area contributed by atoms with Crippen molar-refractivity contribution in [3.8, 4) is 5.75 Å². The zero-order valence-electron chi connectivity index (χ0n) is 19.6. The largest absolute Gasteiger partial charge is 0.488 e. The highest BCUT2D eigenvalue weighted by Crippen LogP contribution is 2.31. The Kier molecular flexibility index (Phi) is 8.92. The fourth-order valence-corrected chi connectivity index (χ4v) is 3.49. The fourth-order valence-electron chi connectivity index (χ4n) is 3.31. The SMILES string of the molecule is COC[C@H](C)Oc1cc2ncnc(Nc3ccc(F)c(Cl)c3)c2cc1CC(=O)/C=C/CN(C)C. The smallest absolute Gasteiger partial charge is 0.159 e. The molecule has 3 rings (SSSR count). The maximum atomic E-state index is 13.6. The molecule has 0 spiro atoms. The van der Waals surface area contributed by atoms with E-state index in [4.69, 9.17) is 21.1 Å². The molecule has 3 aromatic rings. The Morgan fingerprint density at radius 3 is 2.76 bits per heavy atom. The molecule has 1 heterocycles. The number of methoxy groups -OCH3 is 1. The summed E-state index contributed by atoms with van der Waals surface area (Å²) in [6, 6.07) is 7.96. The Bertz CT molecular complexity index is 1190. The van der Waals surface area contributed by atoms with Gasteiger partial charge in [0.2, 0.25) is 0 Å². The molecular formula is C25H28ClFN4O3. The van der Waals surface area contributed by atoms with Crippen LogP contribution in [0.25, 0.3) is 10.9 Å². The van der Waals surface area contributed by atoms with Gasteiger partial charge in [-0.15, -0.1) is 0 Å². The lowest BCUT2D eigenvalue weighted by Gasteiger charge is -2.18. The van der Waals surface area contributed by atoms with E-state index >= 15 is 0 Å². The number of ether oxygens (including phenoxy) is 2. The fraction of sp³-hybridized carbons (Fsp3) is 0.320. The molecule has 0 aliphatic carbocycles. The average molecular weight is 487 g/mol. The molecule has 34 heavy (non-hydrogen) atoms. The number of halogens is 2. The zero-order chi connectivity index (χ0) is 24.7. The van der Waals surface area contributed by atoms with E-state index in [9.17, 15) is 9.18 Å². The molecule has 2 aromatic carbocycles. The Labute approximate surface area is 203 Å². The number of carbonyl (C=O) groups excluding carboxylic acids is 1. The molecule has 180 valence electrons. The minimum absolute atomic E-state index is 0.00183. The molecule has 1 atom stereocenters. The number of hydrogen-bond donors (Lipinski definition) is 1. The van der Waals surface area contributed by atoms with Crippen LogP contribution >= 0.6 is 11.6 Å². The summed E-state index contributed by atoms with van der Waals surface area (Å²) in [7, 11) is 5.47. The third kappa shape index (κ3) is 6.96. The Hall–Kier alpha value is -3.07. The van der Waals surface area contributed by atoms with Crippen LogP contribution in [0, 0.1) is 5.82 Å². The zero-order valence-corrected chi connectivity index (χ0v) is 20.4. The van der Waals surface area contributed by atoms with Crippen molar-refractivity contribution < 1.29 is 18.7 Å². The van der Waals surface area contributed by atoms with Crippen molar-refractivity contribution >= 4 is 39.8 Å². The maximum Gasteiger partial charge on any atom is 0.159 e. The molecule has 0 unspecified atom stereocenters. The van der Waals surface area contributed by atoms with E-state index in [1.165, 1.54) is 18.5 Å². The number of likely N-dealkylation sites (N-methyl/N-ethyl adjacent to an activating group) is 1. The molecule has 0 fully saturated rings. The molecular weight excluding hydrogens is 459 g/mol. The predicted octanol–water partition coefficient (Wildman–Crippen LogP) is 4.81. The number of rotatable bonds is 11. The Balaban J connectivity index is 1.99. The second kappa shape index (κ2) is 11.9. The van der Waals surface area contributed by atoms with Crippen molar-refractivity contribution in [1.82, 2.24) is 14.9 Å². The van der Waals surface area contributed by atoms with Gasteiger partial charge in [0.05, 0.1) is 17.1 Å². The number of anilines is 2. The highest BCUT2D eigenvalue weighted by atomic mass is 35.5.